The van der Waals surface area contributed by atoms with Gasteiger partial charge in [-0.3, -0.25) is 0 Å². The van der Waals surface area contributed by atoms with Gasteiger partial charge in [-0.25, -0.2) is 0 Å². The first-order valence-corrected chi connectivity index (χ1v) is 3.63. The molecule has 0 fully saturated rings. The van der Waals surface area contributed by atoms with Crippen molar-refractivity contribution in [3.8, 4) is 5.75 Å². The molecule has 0 atom stereocenters. The first kappa shape index (κ1) is 8.08. The highest BCUT2D eigenvalue weighted by atomic mass is 16.3. The largest absolute Gasteiger partial charge is 0.508 e. The van der Waals surface area contributed by atoms with Crippen LogP contribution in [0.15, 0.2) is 18.2 Å². The van der Waals surface area contributed by atoms with Crippen LogP contribution >= 0.6 is 0 Å². The summed E-state index contributed by atoms with van der Waals surface area (Å²) >= 11 is 0. The molecule has 0 unspecified atom stereocenters. The molecule has 0 saturated heterocycles. The molecule has 1 aromatic carbocycles. The van der Waals surface area contributed by atoms with Gasteiger partial charge in [-0.1, -0.05) is 6.07 Å². The van der Waals surface area contributed by atoms with Crippen molar-refractivity contribution in [2.75, 3.05) is 6.61 Å². The molecule has 0 aliphatic heterocycles. The highest BCUT2D eigenvalue weighted by Gasteiger charge is 1.97. The van der Waals surface area contributed by atoms with Gasteiger partial charge in [0.15, 0.2) is 0 Å². The fourth-order valence-electron chi connectivity index (χ4n) is 1.05. The van der Waals surface area contributed by atoms with Gasteiger partial charge in [-0.2, -0.15) is 0 Å². The van der Waals surface area contributed by atoms with Crippen LogP contribution in [0.4, 0.5) is 0 Å². The lowest BCUT2D eigenvalue weighted by molar-refractivity contribution is 0.299. The summed E-state index contributed by atoms with van der Waals surface area (Å²) < 4.78 is 0. The number of aromatic hydroxyl groups is 1. The van der Waals surface area contributed by atoms with E-state index in [2.05, 4.69) is 0 Å². The van der Waals surface area contributed by atoms with Crippen molar-refractivity contribution in [2.24, 2.45) is 0 Å². The van der Waals surface area contributed by atoms with Crippen LogP contribution in [0.1, 0.15) is 11.1 Å². The number of rotatable bonds is 2. The third-order valence-corrected chi connectivity index (χ3v) is 1.71. The second-order valence-electron chi connectivity index (χ2n) is 2.58. The predicted octanol–water partition coefficient (Wildman–Crippen LogP) is 1.24. The van der Waals surface area contributed by atoms with E-state index in [0.717, 1.165) is 11.1 Å². The Labute approximate surface area is 66.1 Å². The summed E-state index contributed by atoms with van der Waals surface area (Å²) in [7, 11) is 0. The fraction of sp³-hybridized carbons (Fsp3) is 0.333. The number of hydrogen-bond acceptors (Lipinski definition) is 2. The van der Waals surface area contributed by atoms with Crippen molar-refractivity contribution >= 4 is 0 Å². The minimum absolute atomic E-state index is 0.129. The molecule has 60 valence electrons. The molecule has 0 aliphatic rings. The molecule has 2 N–H and O–H groups in total. The van der Waals surface area contributed by atoms with Gasteiger partial charge >= 0.3 is 0 Å². The summed E-state index contributed by atoms with van der Waals surface area (Å²) in [6.45, 7) is 2.09. The number of phenolic OH excluding ortho intramolecular Hbond substituents is 1. The first-order valence-electron chi connectivity index (χ1n) is 3.63. The number of benzene rings is 1. The lowest BCUT2D eigenvalue weighted by Crippen LogP contribution is -1.93. The molecule has 0 spiro atoms. The number of aryl methyl sites for hydroxylation is 1. The second kappa shape index (κ2) is 3.39. The van der Waals surface area contributed by atoms with E-state index in [4.69, 9.17) is 10.2 Å². The van der Waals surface area contributed by atoms with Crippen LogP contribution < -0.4 is 0 Å². The monoisotopic (exact) mass is 152 g/mol. The van der Waals surface area contributed by atoms with Gasteiger partial charge in [0.25, 0.3) is 0 Å². The molecule has 0 saturated carbocycles. The normalized spacial score (nSPS) is 10.0. The zero-order valence-electron chi connectivity index (χ0n) is 6.54. The Kier molecular flexibility index (Phi) is 2.49. The van der Waals surface area contributed by atoms with Crippen LogP contribution in [0.25, 0.3) is 0 Å². The molecule has 11 heavy (non-hydrogen) atoms. The van der Waals surface area contributed by atoms with Crippen molar-refractivity contribution in [2.45, 2.75) is 13.3 Å². The van der Waals surface area contributed by atoms with Crippen molar-refractivity contribution in [1.82, 2.24) is 0 Å². The average Bonchev–Trinajstić information content (AvgIpc) is 1.98. The van der Waals surface area contributed by atoms with Gasteiger partial charge in [0.1, 0.15) is 5.75 Å². The molecule has 0 aliphatic carbocycles. The quantitative estimate of drug-likeness (QED) is 0.669. The van der Waals surface area contributed by atoms with E-state index < -0.39 is 0 Å². The molecule has 1 aromatic rings. The van der Waals surface area contributed by atoms with E-state index in [1.165, 1.54) is 0 Å². The zero-order valence-corrected chi connectivity index (χ0v) is 6.54. The number of phenols is 1. The minimum atomic E-state index is 0.129. The maximum Gasteiger partial charge on any atom is 0.115 e. The number of aliphatic hydroxyl groups is 1. The molecular formula is C9H12O2. The molecule has 1 rings (SSSR count). The zero-order chi connectivity index (χ0) is 8.27. The highest BCUT2D eigenvalue weighted by molar-refractivity contribution is 5.33. The predicted molar refractivity (Wildman–Crippen MR) is 43.6 cm³/mol. The molecule has 0 heterocycles. The Bertz CT molecular complexity index is 243. The minimum Gasteiger partial charge on any atom is -0.508 e. The smallest absolute Gasteiger partial charge is 0.115 e. The second-order valence-corrected chi connectivity index (χ2v) is 2.58. The molecule has 2 heteroatoms. The third kappa shape index (κ3) is 1.95. The van der Waals surface area contributed by atoms with E-state index in [1.807, 2.05) is 13.0 Å². The van der Waals surface area contributed by atoms with Gasteiger partial charge in [-0.15, -0.1) is 0 Å². The van der Waals surface area contributed by atoms with Crippen LogP contribution in [0.2, 0.25) is 0 Å². The lowest BCUT2D eigenvalue weighted by Gasteiger charge is -2.03. The van der Waals surface area contributed by atoms with Gasteiger partial charge in [0, 0.05) is 6.61 Å². The van der Waals surface area contributed by atoms with Crippen LogP contribution in [0.3, 0.4) is 0 Å². The SMILES string of the molecule is Cc1ccc(O)cc1CCO. The Morgan fingerprint density at radius 2 is 2.09 bits per heavy atom. The summed E-state index contributed by atoms with van der Waals surface area (Å²) in [5, 5.41) is 17.7. The topological polar surface area (TPSA) is 40.5 Å². The lowest BCUT2D eigenvalue weighted by atomic mass is 10.1. The maximum atomic E-state index is 9.08. The van der Waals surface area contributed by atoms with Gasteiger partial charge in [0.2, 0.25) is 0 Å². The summed E-state index contributed by atoms with van der Waals surface area (Å²) in [5.41, 5.74) is 2.12. The fourth-order valence-corrected chi connectivity index (χ4v) is 1.05. The Balaban J connectivity index is 2.93. The van der Waals surface area contributed by atoms with E-state index >= 15 is 0 Å². The van der Waals surface area contributed by atoms with Gasteiger partial charge in [-0.05, 0) is 36.6 Å². The van der Waals surface area contributed by atoms with E-state index in [1.54, 1.807) is 12.1 Å². The van der Waals surface area contributed by atoms with Crippen LogP contribution in [-0.2, 0) is 6.42 Å². The number of hydrogen-bond donors (Lipinski definition) is 2. The first-order chi connectivity index (χ1) is 5.24. The molecule has 2 nitrogen and oxygen atoms in total. The summed E-state index contributed by atoms with van der Waals surface area (Å²) in [5.74, 6) is 0.263. The van der Waals surface area contributed by atoms with Crippen LogP contribution in [0.5, 0.6) is 5.75 Å². The summed E-state index contributed by atoms with van der Waals surface area (Å²) in [6.07, 6.45) is 0.611. The van der Waals surface area contributed by atoms with Crippen molar-refractivity contribution in [1.29, 1.82) is 0 Å². The average molecular weight is 152 g/mol. The molecule has 0 radical (unpaired) electrons. The highest BCUT2D eigenvalue weighted by Crippen LogP contribution is 2.15. The van der Waals surface area contributed by atoms with Crippen LogP contribution in [0, 0.1) is 6.92 Å². The Hall–Kier alpha value is -1.02. The molecule has 0 amide bonds. The molecular weight excluding hydrogens is 140 g/mol. The number of aliphatic hydroxyl groups excluding tert-OH is 1. The van der Waals surface area contributed by atoms with Crippen molar-refractivity contribution in [3.05, 3.63) is 29.3 Å². The Morgan fingerprint density at radius 3 is 2.73 bits per heavy atom. The van der Waals surface area contributed by atoms with Crippen LogP contribution in [-0.4, -0.2) is 16.8 Å². The molecule has 0 bridgehead atoms. The van der Waals surface area contributed by atoms with E-state index in [-0.39, 0.29) is 12.4 Å². The molecule has 0 aromatic heterocycles. The van der Waals surface area contributed by atoms with E-state index in [9.17, 15) is 0 Å². The third-order valence-electron chi connectivity index (χ3n) is 1.71. The van der Waals surface area contributed by atoms with Gasteiger partial charge in [0.05, 0.1) is 0 Å². The Morgan fingerprint density at radius 1 is 1.36 bits per heavy atom. The van der Waals surface area contributed by atoms with Gasteiger partial charge < -0.3 is 10.2 Å². The summed E-state index contributed by atoms with van der Waals surface area (Å²) in [4.78, 5) is 0. The standard InChI is InChI=1S/C9H12O2/c1-7-2-3-9(11)6-8(7)4-5-10/h2-3,6,10-11H,4-5H2,1H3. The van der Waals surface area contributed by atoms with Crippen molar-refractivity contribution < 1.29 is 10.2 Å². The summed E-state index contributed by atoms with van der Waals surface area (Å²) in [6, 6.07) is 5.18. The maximum absolute atomic E-state index is 9.08. The van der Waals surface area contributed by atoms with E-state index in [0.29, 0.717) is 6.42 Å². The van der Waals surface area contributed by atoms with Crippen molar-refractivity contribution in [3.63, 3.8) is 0 Å².